The number of primary amides is 1. The Kier molecular flexibility index (Phi) is 38.8. The molecule has 119 heavy (non-hydrogen) atoms. The van der Waals surface area contributed by atoms with Gasteiger partial charge in [0.05, 0.1) is 19.2 Å². The highest BCUT2D eigenvalue weighted by molar-refractivity contribution is 6.04. The van der Waals surface area contributed by atoms with Crippen molar-refractivity contribution in [2.45, 2.75) is 336 Å². The molecule has 1 unspecified atom stereocenters. The molecule has 0 aromatic heterocycles. The average Bonchev–Trinajstić information content (AvgIpc) is 1.74. The van der Waals surface area contributed by atoms with Crippen molar-refractivity contribution in [2.24, 2.45) is 23.5 Å². The molecule has 1 aliphatic rings. The number of carbonyl (C=O) groups is 20. The van der Waals surface area contributed by atoms with E-state index in [1.165, 1.54) is 150 Å². The number of carboxylic acid groups (broad SMARTS) is 1. The topological polar surface area (TPSA) is 616 Å². The van der Waals surface area contributed by atoms with Gasteiger partial charge in [0.25, 0.3) is 0 Å². The van der Waals surface area contributed by atoms with Gasteiger partial charge in [0, 0.05) is 26.3 Å². The van der Waals surface area contributed by atoms with Crippen LogP contribution in [0.1, 0.15) is 238 Å². The van der Waals surface area contributed by atoms with Crippen LogP contribution >= 0.6 is 0 Å². The number of hydrogen-bond donors (Lipinski definition) is 20. The lowest BCUT2D eigenvalue weighted by Crippen LogP contribution is -2.67. The molecule has 21 N–H and O–H groups in total. The third kappa shape index (κ3) is 34.0. The maximum atomic E-state index is 14.3. The molecule has 1 heterocycles. The number of likely N-dealkylation sites (tertiary alicyclic amines) is 1. The fourth-order valence-corrected chi connectivity index (χ4v) is 11.6. The van der Waals surface area contributed by atoms with Crippen molar-refractivity contribution in [3.63, 3.8) is 0 Å². The molecule has 0 aliphatic carbocycles. The molecule has 0 bridgehead atoms. The van der Waals surface area contributed by atoms with Crippen LogP contribution in [0.2, 0.25) is 0 Å². The second kappa shape index (κ2) is 43.4. The average molecular weight is 1690 g/mol. The number of aliphatic hydroxyl groups is 1. The summed E-state index contributed by atoms with van der Waals surface area (Å²) in [5, 5.41) is 62.1. The first kappa shape index (κ1) is 106. The minimum atomic E-state index is -1.90. The van der Waals surface area contributed by atoms with Crippen LogP contribution in [0.15, 0.2) is 0 Å². The molecule has 1 aliphatic heterocycles. The monoisotopic (exact) mass is 1690 g/mol. The van der Waals surface area contributed by atoms with Gasteiger partial charge in [-0.25, -0.2) is 0 Å². The van der Waals surface area contributed by atoms with Crippen molar-refractivity contribution >= 4 is 118 Å². The normalized spacial score (nSPS) is 15.4. The van der Waals surface area contributed by atoms with Gasteiger partial charge in [0.2, 0.25) is 112 Å². The summed E-state index contributed by atoms with van der Waals surface area (Å²) in [6.45, 7) is 37.2. The third-order valence-corrected chi connectivity index (χ3v) is 19.3. The largest absolute Gasteiger partial charge is 0.481 e. The lowest BCUT2D eigenvalue weighted by Gasteiger charge is -2.35. The van der Waals surface area contributed by atoms with Gasteiger partial charge in [-0.2, -0.15) is 0 Å². The van der Waals surface area contributed by atoms with Crippen LogP contribution in [-0.4, -0.2) is 251 Å². The maximum Gasteiger partial charge on any atom is 0.303 e. The van der Waals surface area contributed by atoms with E-state index in [1.807, 2.05) is 0 Å². The molecule has 674 valence electrons. The van der Waals surface area contributed by atoms with E-state index in [0.29, 0.717) is 6.42 Å². The maximum absolute atomic E-state index is 14.3. The summed E-state index contributed by atoms with van der Waals surface area (Å²) in [6, 6.07) is -10.1. The molecule has 1 rings (SSSR count). The van der Waals surface area contributed by atoms with E-state index in [1.54, 1.807) is 41.5 Å². The molecule has 8 atom stereocenters. The molecule has 41 nitrogen and oxygen atoms in total. The number of nitrogens with one attached hydrogen (secondary N) is 17. The molecular formula is C78H135N19O22. The summed E-state index contributed by atoms with van der Waals surface area (Å²) in [5.74, 6) is -17.7. The fourth-order valence-electron chi connectivity index (χ4n) is 11.6. The summed E-state index contributed by atoms with van der Waals surface area (Å²) in [5.41, 5.74) is -10.3. The third-order valence-electron chi connectivity index (χ3n) is 19.3. The SMILES string of the molecule is CC(=O)NC(C)(C)C(=O)NCC(=O)NC(C)(C)C(=O)N[C@@H](CC(C)C)C(=O)NC(C)(C)C(=O)N[C@@H](CCC(N)=O)C(=O)NC(C)(C)C(=O)NC(C)(C)C(=O)NC(C)(C)C(=O)N[C@@H](C)C(=O)N[C@@H](C)C(=O)NC(C)(C)C(=O)N1CCC[C@H]1C(=O)N[C@@H](CC(C)C)C(=O)NC(C)(C)C(=O)NC(C)(C)C(=O)N[C@@H](CCC(=O)O)C(=O)NC(CO)C(C)C. The number of nitrogens with two attached hydrogens (primary N) is 1. The van der Waals surface area contributed by atoms with Gasteiger partial charge in [-0.15, -0.1) is 0 Å². The minimum absolute atomic E-state index is 0.0284. The Morgan fingerprint density at radius 2 is 0.739 bits per heavy atom. The Hall–Kier alpha value is -10.6. The Labute approximate surface area is 696 Å². The molecule has 0 radical (unpaired) electrons. The van der Waals surface area contributed by atoms with Crippen molar-refractivity contribution in [1.82, 2.24) is 95.3 Å². The van der Waals surface area contributed by atoms with Crippen LogP contribution < -0.4 is 96.1 Å². The zero-order valence-corrected chi connectivity index (χ0v) is 74.2. The van der Waals surface area contributed by atoms with E-state index in [-0.39, 0.29) is 50.0 Å². The van der Waals surface area contributed by atoms with Crippen LogP contribution in [0.25, 0.3) is 0 Å². The van der Waals surface area contributed by atoms with Crippen molar-refractivity contribution < 1.29 is 106 Å². The number of aliphatic carboxylic acids is 1. The van der Waals surface area contributed by atoms with E-state index >= 15 is 0 Å². The number of rotatable bonds is 46. The van der Waals surface area contributed by atoms with Gasteiger partial charge < -0.3 is 111 Å². The van der Waals surface area contributed by atoms with Crippen LogP contribution in [0.5, 0.6) is 0 Å². The fraction of sp³-hybridized carbons (Fsp3) is 0.744. The molecule has 0 aromatic rings. The van der Waals surface area contributed by atoms with Crippen LogP contribution in [-0.2, 0) is 95.9 Å². The van der Waals surface area contributed by atoms with Crippen LogP contribution in [0.3, 0.4) is 0 Å². The summed E-state index contributed by atoms with van der Waals surface area (Å²) >= 11 is 0. The van der Waals surface area contributed by atoms with Gasteiger partial charge in [-0.05, 0) is 195 Å². The Morgan fingerprint density at radius 1 is 0.387 bits per heavy atom. The van der Waals surface area contributed by atoms with Crippen molar-refractivity contribution in [3.05, 3.63) is 0 Å². The Balaban J connectivity index is 3.14. The highest BCUT2D eigenvalue weighted by atomic mass is 16.4. The first-order valence-corrected chi connectivity index (χ1v) is 39.6. The lowest BCUT2D eigenvalue weighted by atomic mass is 9.95. The molecule has 41 heteroatoms. The van der Waals surface area contributed by atoms with Crippen molar-refractivity contribution in [3.8, 4) is 0 Å². The van der Waals surface area contributed by atoms with Gasteiger partial charge in [-0.3, -0.25) is 95.9 Å². The molecule has 19 amide bonds. The number of carboxylic acids is 1. The number of carbonyl (C=O) groups excluding carboxylic acids is 19. The minimum Gasteiger partial charge on any atom is -0.481 e. The Morgan fingerprint density at radius 3 is 1.15 bits per heavy atom. The molecule has 1 fully saturated rings. The number of nitrogens with zero attached hydrogens (tertiary/aromatic N) is 1. The second-order valence-electron chi connectivity index (χ2n) is 36.3. The van der Waals surface area contributed by atoms with E-state index in [9.17, 15) is 106 Å². The van der Waals surface area contributed by atoms with E-state index in [2.05, 4.69) is 90.4 Å². The molecule has 0 spiro atoms. The van der Waals surface area contributed by atoms with Gasteiger partial charge in [-0.1, -0.05) is 41.5 Å². The lowest BCUT2D eigenvalue weighted by molar-refractivity contribution is -0.145. The number of hydrogen-bond acceptors (Lipinski definition) is 21. The zero-order valence-electron chi connectivity index (χ0n) is 74.2. The van der Waals surface area contributed by atoms with E-state index in [4.69, 9.17) is 5.73 Å². The first-order chi connectivity index (χ1) is 53.9. The van der Waals surface area contributed by atoms with E-state index in [0.717, 1.165) is 0 Å². The van der Waals surface area contributed by atoms with Gasteiger partial charge >= 0.3 is 5.97 Å². The van der Waals surface area contributed by atoms with Crippen molar-refractivity contribution in [1.29, 1.82) is 0 Å². The van der Waals surface area contributed by atoms with Gasteiger partial charge in [0.1, 0.15) is 92.1 Å². The summed E-state index contributed by atoms with van der Waals surface area (Å²) in [4.78, 5) is 270. The highest BCUT2D eigenvalue weighted by Gasteiger charge is 2.47. The van der Waals surface area contributed by atoms with Crippen LogP contribution in [0.4, 0.5) is 0 Å². The smallest absolute Gasteiger partial charge is 0.303 e. The quantitative estimate of drug-likeness (QED) is 0.0281. The molecule has 1 saturated heterocycles. The molecule has 0 saturated carbocycles. The highest BCUT2D eigenvalue weighted by Crippen LogP contribution is 2.24. The number of amides is 19. The number of aliphatic hydroxyl groups excluding tert-OH is 1. The zero-order chi connectivity index (χ0) is 92.8. The summed E-state index contributed by atoms with van der Waals surface area (Å²) in [6.07, 6.45) is -1.13. The Bertz CT molecular complexity index is 3790. The standard InChI is InChI=1S/C78H135N19O22/c1-39(2)35-47(58(108)93-76(22,23)66(116)94-74(18,19)65(115)85-45(31-33-53(102)103)56(106)84-49(38-98)41(5)6)83-60(110)50-29-28-34-97(50)69(119)78(26,27)90-55(105)43(8)81-54(104)42(7)82-62(112)73(16,17)95-68(118)77(24,25)96-67(117)75(20,21)91-57(107)46(30-32-51(79)100)86-64(114)72(14,15)92-59(109)48(36-40(3)4)87-63(113)71(12,13)89-52(101)37-80-61(111)70(10,11)88-44(9)99/h39-43,45-50,98H,28-38H2,1-27H3,(H2,79,100)(H,80,111)(H,81,104)(H,82,112)(H,83,110)(H,84,106)(H,85,115)(H,86,114)(H,87,113)(H,88,99)(H,89,101)(H,90,105)(H,91,107)(H,92,109)(H,93,108)(H,94,116)(H,95,118)(H,96,117)(H,102,103)/t42-,43-,45-,46-,47-,48-,49?,50-/m0/s1. The molecular weight excluding hydrogens is 1550 g/mol. The predicted octanol–water partition coefficient (Wildman–Crippen LogP) is -3.53. The predicted molar refractivity (Wildman–Crippen MR) is 434 cm³/mol. The summed E-state index contributed by atoms with van der Waals surface area (Å²) in [7, 11) is 0. The van der Waals surface area contributed by atoms with Gasteiger partial charge in [0.15, 0.2) is 0 Å². The van der Waals surface area contributed by atoms with Crippen LogP contribution in [0, 0.1) is 17.8 Å². The molecule has 0 aromatic carbocycles. The second-order valence-corrected chi connectivity index (χ2v) is 36.3. The first-order valence-electron chi connectivity index (χ1n) is 39.6. The van der Waals surface area contributed by atoms with E-state index < -0.39 is 249 Å². The summed E-state index contributed by atoms with van der Waals surface area (Å²) < 4.78 is 0. The van der Waals surface area contributed by atoms with Crippen molar-refractivity contribution in [2.75, 3.05) is 19.7 Å².